The minimum atomic E-state index is -0.433. The van der Waals surface area contributed by atoms with E-state index in [1.54, 1.807) is 54.6 Å². The summed E-state index contributed by atoms with van der Waals surface area (Å²) >= 11 is 0. The number of hydrogen-bond acceptors (Lipinski definition) is 5. The van der Waals surface area contributed by atoms with Gasteiger partial charge in [-0.05, 0) is 48.0 Å². The molecule has 0 atom stereocenters. The lowest BCUT2D eigenvalue weighted by Crippen LogP contribution is -2.35. The van der Waals surface area contributed by atoms with Crippen molar-refractivity contribution in [2.24, 2.45) is 0 Å². The maximum atomic E-state index is 12.6. The van der Waals surface area contributed by atoms with Gasteiger partial charge in [-0.25, -0.2) is 5.01 Å². The molecule has 3 aromatic rings. The summed E-state index contributed by atoms with van der Waals surface area (Å²) in [5.74, 6) is 0.670. The summed E-state index contributed by atoms with van der Waals surface area (Å²) in [5.41, 5.74) is 4.01. The minimum Gasteiger partial charge on any atom is -0.491 e. The van der Waals surface area contributed by atoms with Gasteiger partial charge in [0.25, 0.3) is 11.8 Å². The van der Waals surface area contributed by atoms with Crippen LogP contribution in [0.25, 0.3) is 6.08 Å². The first-order valence-electron chi connectivity index (χ1n) is 10.6. The maximum absolute atomic E-state index is 12.6. The van der Waals surface area contributed by atoms with Crippen molar-refractivity contribution >= 4 is 23.6 Å². The molecule has 2 amide bonds. The van der Waals surface area contributed by atoms with Gasteiger partial charge in [0.15, 0.2) is 0 Å². The lowest BCUT2D eigenvalue weighted by molar-refractivity contribution is -0.117. The summed E-state index contributed by atoms with van der Waals surface area (Å²) in [4.78, 5) is 24.9. The van der Waals surface area contributed by atoms with Gasteiger partial charge in [-0.15, -0.1) is 0 Å². The molecule has 1 aliphatic heterocycles. The van der Waals surface area contributed by atoms with Crippen LogP contribution in [0.15, 0.2) is 90.5 Å². The van der Waals surface area contributed by atoms with Crippen LogP contribution in [-0.4, -0.2) is 38.2 Å². The van der Waals surface area contributed by atoms with E-state index < -0.39 is 5.91 Å². The molecule has 1 heterocycles. The Morgan fingerprint density at radius 3 is 1.91 bits per heavy atom. The number of nitrogens with zero attached hydrogens (tertiary/aromatic N) is 1. The van der Waals surface area contributed by atoms with E-state index in [0.717, 1.165) is 11.3 Å². The summed E-state index contributed by atoms with van der Waals surface area (Å²) in [6.07, 6.45) is 1.57. The number of amides is 2. The zero-order valence-electron chi connectivity index (χ0n) is 18.0. The Morgan fingerprint density at radius 2 is 1.27 bits per heavy atom. The van der Waals surface area contributed by atoms with E-state index in [1.165, 1.54) is 5.01 Å². The van der Waals surface area contributed by atoms with Crippen LogP contribution >= 0.6 is 0 Å². The molecular weight excluding hydrogens is 420 g/mol. The highest BCUT2D eigenvalue weighted by atomic mass is 16.5. The van der Waals surface area contributed by atoms with Gasteiger partial charge in [0, 0.05) is 0 Å². The fraction of sp³-hybridized carbons (Fsp3) is 0.154. The van der Waals surface area contributed by atoms with Crippen molar-refractivity contribution in [3.63, 3.8) is 0 Å². The van der Waals surface area contributed by atoms with Crippen LogP contribution in [0.1, 0.15) is 5.56 Å². The second kappa shape index (κ2) is 11.0. The van der Waals surface area contributed by atoms with Crippen molar-refractivity contribution in [3.8, 4) is 11.5 Å². The summed E-state index contributed by atoms with van der Waals surface area (Å²) < 4.78 is 16.7. The smallest absolute Gasteiger partial charge is 0.282 e. The van der Waals surface area contributed by atoms with Crippen molar-refractivity contribution in [3.05, 3.63) is 96.1 Å². The first-order valence-corrected chi connectivity index (χ1v) is 10.6. The predicted molar refractivity (Wildman–Crippen MR) is 125 cm³/mol. The number of hydrazine groups is 1. The Morgan fingerprint density at radius 1 is 0.697 bits per heavy atom. The second-order valence-corrected chi connectivity index (χ2v) is 7.17. The Bertz CT molecular complexity index is 1100. The Hall–Kier alpha value is -4.10. The van der Waals surface area contributed by atoms with Gasteiger partial charge in [0.2, 0.25) is 0 Å². The third-order valence-electron chi connectivity index (χ3n) is 4.83. The highest BCUT2D eigenvalue weighted by molar-refractivity contribution is 6.31. The molecule has 0 aromatic heterocycles. The summed E-state index contributed by atoms with van der Waals surface area (Å²) in [6, 6.07) is 25.7. The Labute approximate surface area is 192 Å². The third kappa shape index (κ3) is 5.99. The van der Waals surface area contributed by atoms with Crippen LogP contribution in [0.5, 0.6) is 11.5 Å². The first kappa shape index (κ1) is 22.1. The Kier molecular flexibility index (Phi) is 7.35. The van der Waals surface area contributed by atoms with E-state index in [2.05, 4.69) is 5.43 Å². The molecule has 0 unspecified atom stereocenters. The molecule has 7 nitrogen and oxygen atoms in total. The van der Waals surface area contributed by atoms with E-state index in [4.69, 9.17) is 14.2 Å². The van der Waals surface area contributed by atoms with Gasteiger partial charge in [-0.2, -0.15) is 0 Å². The lowest BCUT2D eigenvalue weighted by atomic mass is 10.1. The molecule has 0 bridgehead atoms. The molecule has 0 radical (unpaired) electrons. The van der Waals surface area contributed by atoms with E-state index in [0.29, 0.717) is 37.9 Å². The zero-order chi connectivity index (χ0) is 22.9. The average Bonchev–Trinajstić information content (AvgIpc) is 3.14. The first-order chi connectivity index (χ1) is 16.2. The highest BCUT2D eigenvalue weighted by Gasteiger charge is 2.34. The molecule has 0 aliphatic carbocycles. The van der Waals surface area contributed by atoms with Crippen LogP contribution in [0.3, 0.4) is 0 Å². The topological polar surface area (TPSA) is 77.1 Å². The number of benzene rings is 3. The van der Waals surface area contributed by atoms with Crippen LogP contribution in [0.2, 0.25) is 0 Å². The molecule has 3 aromatic carbocycles. The molecule has 168 valence electrons. The molecule has 1 N–H and O–H groups in total. The quantitative estimate of drug-likeness (QED) is 0.294. The highest BCUT2D eigenvalue weighted by Crippen LogP contribution is 2.22. The van der Waals surface area contributed by atoms with Crippen molar-refractivity contribution in [2.45, 2.75) is 0 Å². The number of rotatable bonds is 10. The van der Waals surface area contributed by atoms with Crippen molar-refractivity contribution in [2.75, 3.05) is 31.4 Å². The summed E-state index contributed by atoms with van der Waals surface area (Å²) in [7, 11) is 0. The molecule has 4 rings (SSSR count). The molecule has 1 saturated heterocycles. The van der Waals surface area contributed by atoms with Crippen LogP contribution in [-0.2, 0) is 14.3 Å². The van der Waals surface area contributed by atoms with E-state index in [-0.39, 0.29) is 11.5 Å². The number of nitrogens with one attached hydrogen (secondary N) is 1. The van der Waals surface area contributed by atoms with Gasteiger partial charge in [-0.1, -0.05) is 48.5 Å². The molecule has 1 fully saturated rings. The molecule has 33 heavy (non-hydrogen) atoms. The molecule has 0 spiro atoms. The molecule has 1 aliphatic rings. The lowest BCUT2D eigenvalue weighted by Gasteiger charge is -2.13. The van der Waals surface area contributed by atoms with Crippen LogP contribution in [0, 0.1) is 0 Å². The van der Waals surface area contributed by atoms with Gasteiger partial charge in [0.1, 0.15) is 30.3 Å². The maximum Gasteiger partial charge on any atom is 0.282 e. The van der Waals surface area contributed by atoms with Gasteiger partial charge >= 0.3 is 0 Å². The largest absolute Gasteiger partial charge is 0.491 e. The molecular formula is C26H24N2O5. The second-order valence-electron chi connectivity index (χ2n) is 7.17. The third-order valence-corrected chi connectivity index (χ3v) is 4.83. The predicted octanol–water partition coefficient (Wildman–Crippen LogP) is 3.62. The van der Waals surface area contributed by atoms with Crippen molar-refractivity contribution < 1.29 is 23.8 Å². The van der Waals surface area contributed by atoms with Gasteiger partial charge in [0.05, 0.1) is 18.9 Å². The molecule has 0 saturated carbocycles. The van der Waals surface area contributed by atoms with E-state index >= 15 is 0 Å². The van der Waals surface area contributed by atoms with Gasteiger partial charge in [-0.3, -0.25) is 15.0 Å². The number of para-hydroxylation sites is 2. The van der Waals surface area contributed by atoms with Crippen LogP contribution < -0.4 is 19.9 Å². The normalized spacial score (nSPS) is 14.4. The van der Waals surface area contributed by atoms with E-state index in [1.807, 2.05) is 36.4 Å². The van der Waals surface area contributed by atoms with Gasteiger partial charge < -0.3 is 14.2 Å². The Balaban J connectivity index is 1.22. The van der Waals surface area contributed by atoms with Crippen LogP contribution in [0.4, 0.5) is 5.69 Å². The van der Waals surface area contributed by atoms with E-state index in [9.17, 15) is 9.59 Å². The SMILES string of the molecule is O=C1NN(c2ccccc2)C(=O)/C1=C/c1ccc(OCCOCCOc2ccccc2)cc1. The average molecular weight is 444 g/mol. The number of hydrogen-bond donors (Lipinski definition) is 1. The minimum absolute atomic E-state index is 0.0821. The fourth-order valence-electron chi connectivity index (χ4n) is 3.20. The zero-order valence-corrected chi connectivity index (χ0v) is 18.0. The standard InChI is InChI=1S/C26H24N2O5/c29-25-24(26(30)28(27-25)21-7-3-1-4-8-21)19-20-11-13-23(14-12-20)33-18-16-31-15-17-32-22-9-5-2-6-10-22/h1-14,19H,15-18H2,(H,27,29)/b24-19+. The summed E-state index contributed by atoms with van der Waals surface area (Å²) in [5, 5.41) is 1.25. The number of anilines is 1. The fourth-order valence-corrected chi connectivity index (χ4v) is 3.20. The molecule has 7 heteroatoms. The monoisotopic (exact) mass is 444 g/mol. The number of carbonyl (C=O) groups is 2. The van der Waals surface area contributed by atoms with Crippen molar-refractivity contribution in [1.29, 1.82) is 0 Å². The summed E-state index contributed by atoms with van der Waals surface area (Å²) in [6.45, 7) is 1.79. The number of ether oxygens (including phenoxy) is 3. The van der Waals surface area contributed by atoms with Crippen molar-refractivity contribution in [1.82, 2.24) is 5.43 Å². The number of carbonyl (C=O) groups excluding carboxylic acids is 2.